The molecule has 0 bridgehead atoms. The third-order valence-electron chi connectivity index (χ3n) is 5.99. The Morgan fingerprint density at radius 1 is 1.04 bits per heavy atom. The van der Waals surface area contributed by atoms with Gasteiger partial charge >= 0.3 is 0 Å². The summed E-state index contributed by atoms with van der Waals surface area (Å²) in [7, 11) is -2.95. The lowest BCUT2D eigenvalue weighted by molar-refractivity contribution is -0.111. The van der Waals surface area contributed by atoms with Crippen LogP contribution in [0.5, 0.6) is 0 Å². The van der Waals surface area contributed by atoms with Gasteiger partial charge in [-0.1, -0.05) is 93.9 Å². The summed E-state index contributed by atoms with van der Waals surface area (Å²) < 4.78 is 0. The summed E-state index contributed by atoms with van der Waals surface area (Å²) in [5, 5.41) is 1.87. The predicted octanol–water partition coefficient (Wildman–Crippen LogP) is 4.72. The molecular formula is C25H34O2Si. The minimum absolute atomic E-state index is 0.0509. The maximum atomic E-state index is 12.2. The number of benzene rings is 2. The third-order valence-corrected chi connectivity index (χ3v) is 10.5. The number of carbonyl (C=O) groups is 1. The molecule has 0 aliphatic rings. The standard InChI is InChI=1S/C25H34O2Si/c1-5-12-22(20-26)19-21(2)17-18-25(3,4)28(27,23-13-8-6-9-14-23)24-15-10-7-11-16-24/h5-11,13-16,20-22,27H,1,12,17-19H2,2-4H3/t21-,22-/m0/s1. The Morgan fingerprint density at radius 3 is 1.96 bits per heavy atom. The molecule has 150 valence electrons. The average molecular weight is 395 g/mol. The van der Waals surface area contributed by atoms with Gasteiger partial charge in [-0.05, 0) is 40.6 Å². The average Bonchev–Trinajstić information content (AvgIpc) is 2.72. The number of carbonyl (C=O) groups excluding carboxylic acids is 1. The molecule has 28 heavy (non-hydrogen) atoms. The Hall–Kier alpha value is -1.97. The van der Waals surface area contributed by atoms with E-state index in [1.165, 1.54) is 0 Å². The smallest absolute Gasteiger partial charge is 0.258 e. The molecule has 0 saturated heterocycles. The van der Waals surface area contributed by atoms with Crippen LogP contribution < -0.4 is 10.4 Å². The molecule has 0 unspecified atom stereocenters. The number of aldehydes is 1. The van der Waals surface area contributed by atoms with E-state index in [1.54, 1.807) is 0 Å². The Bertz CT molecular complexity index is 700. The zero-order chi connectivity index (χ0) is 20.6. The summed E-state index contributed by atoms with van der Waals surface area (Å²) in [6.07, 6.45) is 6.41. The lowest BCUT2D eigenvalue weighted by atomic mass is 9.89. The van der Waals surface area contributed by atoms with Gasteiger partial charge in [-0.3, -0.25) is 0 Å². The van der Waals surface area contributed by atoms with E-state index >= 15 is 0 Å². The van der Waals surface area contributed by atoms with E-state index in [-0.39, 0.29) is 11.0 Å². The van der Waals surface area contributed by atoms with Crippen LogP contribution >= 0.6 is 0 Å². The van der Waals surface area contributed by atoms with Crippen LogP contribution in [0.15, 0.2) is 73.3 Å². The van der Waals surface area contributed by atoms with Crippen molar-refractivity contribution >= 4 is 25.0 Å². The molecule has 2 rings (SSSR count). The van der Waals surface area contributed by atoms with Crippen molar-refractivity contribution in [2.75, 3.05) is 0 Å². The van der Waals surface area contributed by atoms with Gasteiger partial charge in [-0.2, -0.15) is 0 Å². The Morgan fingerprint density at radius 2 is 1.54 bits per heavy atom. The topological polar surface area (TPSA) is 37.3 Å². The van der Waals surface area contributed by atoms with Gasteiger partial charge in [0.1, 0.15) is 6.29 Å². The summed E-state index contributed by atoms with van der Waals surface area (Å²) >= 11 is 0. The van der Waals surface area contributed by atoms with Gasteiger partial charge < -0.3 is 9.59 Å². The molecule has 2 aromatic rings. The maximum Gasteiger partial charge on any atom is 0.258 e. The largest absolute Gasteiger partial charge is 0.424 e. The van der Waals surface area contributed by atoms with Crippen molar-refractivity contribution in [3.63, 3.8) is 0 Å². The number of rotatable bonds is 11. The van der Waals surface area contributed by atoms with Crippen molar-refractivity contribution in [2.24, 2.45) is 11.8 Å². The fourth-order valence-corrected chi connectivity index (χ4v) is 7.90. The normalized spacial score (nSPS) is 14.3. The van der Waals surface area contributed by atoms with E-state index in [1.807, 2.05) is 42.5 Å². The second-order valence-electron chi connectivity index (χ2n) is 8.63. The Balaban J connectivity index is 2.25. The van der Waals surface area contributed by atoms with Crippen molar-refractivity contribution in [3.05, 3.63) is 73.3 Å². The summed E-state index contributed by atoms with van der Waals surface area (Å²) in [5.74, 6) is 0.481. The molecule has 0 saturated carbocycles. The van der Waals surface area contributed by atoms with Crippen molar-refractivity contribution in [2.45, 2.75) is 51.5 Å². The quantitative estimate of drug-likeness (QED) is 0.340. The number of hydrogen-bond acceptors (Lipinski definition) is 2. The van der Waals surface area contributed by atoms with Crippen LogP contribution in [0.4, 0.5) is 0 Å². The molecule has 0 aliphatic heterocycles. The van der Waals surface area contributed by atoms with Crippen molar-refractivity contribution in [3.8, 4) is 0 Å². The SMILES string of the molecule is C=CC[C@H](C=O)C[C@@H](C)CCC(C)(C)[Si](O)(c1ccccc1)c1ccccc1. The van der Waals surface area contributed by atoms with E-state index in [9.17, 15) is 9.59 Å². The second kappa shape index (κ2) is 9.99. The first-order valence-electron chi connectivity index (χ1n) is 10.2. The molecule has 0 heterocycles. The van der Waals surface area contributed by atoms with Crippen LogP contribution in [-0.2, 0) is 4.79 Å². The van der Waals surface area contributed by atoms with E-state index in [2.05, 4.69) is 51.6 Å². The molecule has 2 aromatic carbocycles. The Labute approximate surface area is 171 Å². The summed E-state index contributed by atoms with van der Waals surface area (Å²) in [6.45, 7) is 10.4. The lowest BCUT2D eigenvalue weighted by Gasteiger charge is -2.42. The molecule has 0 fully saturated rings. The van der Waals surface area contributed by atoms with E-state index in [0.717, 1.165) is 42.3 Å². The van der Waals surface area contributed by atoms with E-state index in [0.29, 0.717) is 5.92 Å². The predicted molar refractivity (Wildman–Crippen MR) is 122 cm³/mol. The second-order valence-corrected chi connectivity index (χ2v) is 12.6. The van der Waals surface area contributed by atoms with Gasteiger partial charge in [0.25, 0.3) is 8.32 Å². The summed E-state index contributed by atoms with van der Waals surface area (Å²) in [5.41, 5.74) is 0. The van der Waals surface area contributed by atoms with Gasteiger partial charge in [-0.25, -0.2) is 0 Å². The highest BCUT2D eigenvalue weighted by Gasteiger charge is 2.49. The van der Waals surface area contributed by atoms with Gasteiger partial charge in [0.05, 0.1) is 0 Å². The lowest BCUT2D eigenvalue weighted by Crippen LogP contribution is -2.65. The van der Waals surface area contributed by atoms with Crippen LogP contribution in [0.1, 0.15) is 46.5 Å². The molecule has 0 aliphatic carbocycles. The fraction of sp³-hybridized carbons (Fsp3) is 0.400. The van der Waals surface area contributed by atoms with Gasteiger partial charge in [0.2, 0.25) is 0 Å². The first kappa shape index (κ1) is 22.3. The summed E-state index contributed by atoms with van der Waals surface area (Å²) in [4.78, 5) is 23.5. The monoisotopic (exact) mass is 394 g/mol. The van der Waals surface area contributed by atoms with Crippen molar-refractivity contribution < 1.29 is 9.59 Å². The maximum absolute atomic E-state index is 12.2. The molecule has 2 nitrogen and oxygen atoms in total. The molecule has 0 spiro atoms. The van der Waals surface area contributed by atoms with Crippen molar-refractivity contribution in [1.82, 2.24) is 0 Å². The van der Waals surface area contributed by atoms with Crippen LogP contribution in [0, 0.1) is 11.8 Å². The Kier molecular flexibility index (Phi) is 7.96. The van der Waals surface area contributed by atoms with Gasteiger partial charge in [-0.15, -0.1) is 6.58 Å². The van der Waals surface area contributed by atoms with Crippen LogP contribution in [0.2, 0.25) is 5.04 Å². The van der Waals surface area contributed by atoms with E-state index < -0.39 is 8.32 Å². The highest BCUT2D eigenvalue weighted by atomic mass is 28.4. The first-order chi connectivity index (χ1) is 13.3. The van der Waals surface area contributed by atoms with Crippen molar-refractivity contribution in [1.29, 1.82) is 0 Å². The molecule has 0 radical (unpaired) electrons. The highest BCUT2D eigenvalue weighted by molar-refractivity contribution is 6.98. The van der Waals surface area contributed by atoms with Gasteiger partial charge in [0, 0.05) is 5.92 Å². The fourth-order valence-electron chi connectivity index (χ4n) is 4.15. The third kappa shape index (κ3) is 5.09. The number of hydrogen-bond donors (Lipinski definition) is 1. The molecule has 1 N–H and O–H groups in total. The molecule has 0 amide bonds. The first-order valence-corrected chi connectivity index (χ1v) is 12.2. The zero-order valence-electron chi connectivity index (χ0n) is 17.5. The van der Waals surface area contributed by atoms with Gasteiger partial charge in [0.15, 0.2) is 0 Å². The molecule has 0 aromatic heterocycles. The van der Waals surface area contributed by atoms with Crippen LogP contribution in [0.25, 0.3) is 0 Å². The molecule has 2 atom stereocenters. The van der Waals surface area contributed by atoms with E-state index in [4.69, 9.17) is 0 Å². The number of allylic oxidation sites excluding steroid dienone is 1. The van der Waals surface area contributed by atoms with Crippen LogP contribution in [0.3, 0.4) is 0 Å². The molecular weight excluding hydrogens is 360 g/mol. The highest BCUT2D eigenvalue weighted by Crippen LogP contribution is 2.41. The zero-order valence-corrected chi connectivity index (χ0v) is 18.5. The molecule has 3 heteroatoms. The summed E-state index contributed by atoms with van der Waals surface area (Å²) in [6, 6.07) is 20.3. The van der Waals surface area contributed by atoms with Crippen LogP contribution in [-0.4, -0.2) is 19.4 Å². The minimum atomic E-state index is -2.95. The minimum Gasteiger partial charge on any atom is -0.424 e.